The fraction of sp³-hybridized carbons (Fsp3) is 0.211. The van der Waals surface area contributed by atoms with E-state index in [1.165, 1.54) is 12.1 Å². The Labute approximate surface area is 151 Å². The predicted molar refractivity (Wildman–Crippen MR) is 96.0 cm³/mol. The fourth-order valence-corrected chi connectivity index (χ4v) is 2.15. The average Bonchev–Trinajstić information content (AvgIpc) is 2.63. The second-order valence-corrected chi connectivity index (χ2v) is 5.40. The van der Waals surface area contributed by atoms with E-state index in [0.717, 1.165) is 0 Å². The number of nitrogens with one attached hydrogen (secondary N) is 1. The van der Waals surface area contributed by atoms with Crippen LogP contribution in [0.25, 0.3) is 0 Å². The Morgan fingerprint density at radius 2 is 1.88 bits per heavy atom. The van der Waals surface area contributed by atoms with E-state index in [1.807, 2.05) is 13.0 Å². The third kappa shape index (κ3) is 4.74. The molecule has 26 heavy (non-hydrogen) atoms. The molecule has 7 nitrogen and oxygen atoms in total. The predicted octanol–water partition coefficient (Wildman–Crippen LogP) is 2.46. The highest BCUT2D eigenvalue weighted by molar-refractivity contribution is 5.96. The van der Waals surface area contributed by atoms with E-state index in [9.17, 15) is 9.59 Å². The van der Waals surface area contributed by atoms with Gasteiger partial charge in [0.15, 0.2) is 17.6 Å². The van der Waals surface area contributed by atoms with Gasteiger partial charge in [-0.2, -0.15) is 5.26 Å². The first-order chi connectivity index (χ1) is 12.4. The normalized spacial score (nSPS) is 11.1. The number of rotatable bonds is 7. The van der Waals surface area contributed by atoms with Crippen LogP contribution in [0.15, 0.2) is 42.5 Å². The molecule has 0 aliphatic carbocycles. The number of anilines is 1. The minimum atomic E-state index is -0.807. The summed E-state index contributed by atoms with van der Waals surface area (Å²) in [6, 6.07) is 13.0. The van der Waals surface area contributed by atoms with E-state index in [2.05, 4.69) is 5.32 Å². The summed E-state index contributed by atoms with van der Waals surface area (Å²) in [7, 11) is 0. The minimum absolute atomic E-state index is 0.353. The summed E-state index contributed by atoms with van der Waals surface area (Å²) in [6.45, 7) is 3.81. The van der Waals surface area contributed by atoms with E-state index < -0.39 is 12.0 Å². The molecule has 0 radical (unpaired) electrons. The van der Waals surface area contributed by atoms with Gasteiger partial charge in [0.05, 0.1) is 18.2 Å². The summed E-state index contributed by atoms with van der Waals surface area (Å²) in [5.74, 6) is -0.137. The Morgan fingerprint density at radius 1 is 1.19 bits per heavy atom. The van der Waals surface area contributed by atoms with Crippen LogP contribution in [-0.4, -0.2) is 24.5 Å². The van der Waals surface area contributed by atoms with E-state index >= 15 is 0 Å². The number of hydrogen-bond acceptors (Lipinski definition) is 5. The summed E-state index contributed by atoms with van der Waals surface area (Å²) in [4.78, 5) is 23.4. The van der Waals surface area contributed by atoms with Crippen LogP contribution in [0, 0.1) is 11.3 Å². The highest BCUT2D eigenvalue weighted by atomic mass is 16.5. The summed E-state index contributed by atoms with van der Waals surface area (Å²) >= 11 is 0. The third-order valence-corrected chi connectivity index (χ3v) is 3.48. The Balaban J connectivity index is 2.07. The van der Waals surface area contributed by atoms with E-state index in [0.29, 0.717) is 34.9 Å². The van der Waals surface area contributed by atoms with Crippen LogP contribution in [0.4, 0.5) is 5.69 Å². The van der Waals surface area contributed by atoms with Gasteiger partial charge in [-0.05, 0) is 50.2 Å². The first-order valence-electron chi connectivity index (χ1n) is 7.99. The zero-order chi connectivity index (χ0) is 19.1. The van der Waals surface area contributed by atoms with Gasteiger partial charge in [0.1, 0.15) is 0 Å². The van der Waals surface area contributed by atoms with Gasteiger partial charge in [-0.15, -0.1) is 0 Å². The molecule has 0 unspecified atom stereocenters. The Morgan fingerprint density at radius 3 is 2.46 bits per heavy atom. The van der Waals surface area contributed by atoms with Crippen molar-refractivity contribution in [2.24, 2.45) is 5.73 Å². The smallest absolute Gasteiger partial charge is 0.265 e. The molecule has 2 rings (SSSR count). The molecule has 0 saturated carbocycles. The molecule has 0 aliphatic rings. The maximum Gasteiger partial charge on any atom is 0.265 e. The van der Waals surface area contributed by atoms with Crippen molar-refractivity contribution < 1.29 is 19.1 Å². The number of amides is 2. The van der Waals surface area contributed by atoms with Gasteiger partial charge in [-0.25, -0.2) is 0 Å². The summed E-state index contributed by atoms with van der Waals surface area (Å²) < 4.78 is 11.1. The lowest BCUT2D eigenvalue weighted by atomic mass is 10.2. The minimum Gasteiger partial charge on any atom is -0.490 e. The van der Waals surface area contributed by atoms with Gasteiger partial charge < -0.3 is 20.5 Å². The molecule has 0 heterocycles. The van der Waals surface area contributed by atoms with Crippen LogP contribution < -0.4 is 20.5 Å². The summed E-state index contributed by atoms with van der Waals surface area (Å²) in [5, 5.41) is 11.7. The molecule has 1 atom stereocenters. The quantitative estimate of drug-likeness (QED) is 0.793. The molecule has 7 heteroatoms. The molecule has 2 aromatic carbocycles. The van der Waals surface area contributed by atoms with Gasteiger partial charge >= 0.3 is 0 Å². The lowest BCUT2D eigenvalue weighted by molar-refractivity contribution is -0.122. The number of nitriles is 1. The molecule has 134 valence electrons. The van der Waals surface area contributed by atoms with Crippen molar-refractivity contribution in [2.45, 2.75) is 20.0 Å². The SMILES string of the molecule is CCOc1cc(C#N)ccc1O[C@@H](C)C(=O)Nc1ccc(C(N)=O)cc1. The van der Waals surface area contributed by atoms with Crippen LogP contribution in [0.3, 0.4) is 0 Å². The van der Waals surface area contributed by atoms with Crippen molar-refractivity contribution in [1.29, 1.82) is 5.26 Å². The standard InChI is InChI=1S/C19H19N3O4/c1-3-25-17-10-13(11-20)4-9-16(17)26-12(2)19(24)22-15-7-5-14(6-8-15)18(21)23/h4-10,12H,3H2,1-2H3,(H2,21,23)(H,22,24)/t12-/m0/s1. The number of ether oxygens (including phenoxy) is 2. The fourth-order valence-electron chi connectivity index (χ4n) is 2.15. The van der Waals surface area contributed by atoms with Crippen molar-refractivity contribution in [2.75, 3.05) is 11.9 Å². The molecule has 2 aromatic rings. The molecule has 0 fully saturated rings. The number of nitrogens with zero attached hydrogens (tertiary/aromatic N) is 1. The Hall–Kier alpha value is -3.53. The van der Waals surface area contributed by atoms with E-state index in [1.54, 1.807) is 37.3 Å². The number of primary amides is 1. The molecule has 0 bridgehead atoms. The number of carbonyl (C=O) groups is 2. The lowest BCUT2D eigenvalue weighted by Crippen LogP contribution is -2.30. The van der Waals surface area contributed by atoms with Crippen LogP contribution in [0.2, 0.25) is 0 Å². The first-order valence-corrected chi connectivity index (χ1v) is 7.99. The van der Waals surface area contributed by atoms with Crippen LogP contribution in [-0.2, 0) is 4.79 Å². The molecular formula is C19H19N3O4. The second-order valence-electron chi connectivity index (χ2n) is 5.40. The van der Waals surface area contributed by atoms with Crippen molar-refractivity contribution in [3.8, 4) is 17.6 Å². The van der Waals surface area contributed by atoms with Crippen LogP contribution in [0.5, 0.6) is 11.5 Å². The second kappa shape index (κ2) is 8.53. The van der Waals surface area contributed by atoms with E-state index in [-0.39, 0.29) is 5.91 Å². The summed E-state index contributed by atoms with van der Waals surface area (Å²) in [5.41, 5.74) is 6.49. The van der Waals surface area contributed by atoms with Gasteiger partial charge in [0.25, 0.3) is 5.91 Å². The molecule has 2 amide bonds. The zero-order valence-electron chi connectivity index (χ0n) is 14.5. The third-order valence-electron chi connectivity index (χ3n) is 3.48. The average molecular weight is 353 g/mol. The number of nitrogens with two attached hydrogens (primary N) is 1. The molecule has 0 spiro atoms. The summed E-state index contributed by atoms with van der Waals surface area (Å²) in [6.07, 6.45) is -0.807. The Bertz CT molecular complexity index is 841. The van der Waals surface area contributed by atoms with Crippen molar-refractivity contribution >= 4 is 17.5 Å². The van der Waals surface area contributed by atoms with Crippen LogP contribution in [0.1, 0.15) is 29.8 Å². The van der Waals surface area contributed by atoms with E-state index in [4.69, 9.17) is 20.5 Å². The van der Waals surface area contributed by atoms with Gasteiger partial charge in [0, 0.05) is 17.3 Å². The molecule has 0 aromatic heterocycles. The zero-order valence-corrected chi connectivity index (χ0v) is 14.5. The number of benzene rings is 2. The topological polar surface area (TPSA) is 114 Å². The van der Waals surface area contributed by atoms with Crippen LogP contribution >= 0.6 is 0 Å². The molecule has 3 N–H and O–H groups in total. The largest absolute Gasteiger partial charge is 0.490 e. The van der Waals surface area contributed by atoms with Gasteiger partial charge in [-0.3, -0.25) is 9.59 Å². The van der Waals surface area contributed by atoms with Gasteiger partial charge in [-0.1, -0.05) is 0 Å². The maximum atomic E-state index is 12.3. The first kappa shape index (κ1) is 18.8. The van der Waals surface area contributed by atoms with Gasteiger partial charge in [0.2, 0.25) is 5.91 Å². The number of hydrogen-bond donors (Lipinski definition) is 2. The van der Waals surface area contributed by atoms with Crippen molar-refractivity contribution in [3.63, 3.8) is 0 Å². The molecule has 0 saturated heterocycles. The highest BCUT2D eigenvalue weighted by Crippen LogP contribution is 2.29. The lowest BCUT2D eigenvalue weighted by Gasteiger charge is -2.17. The molecule has 0 aliphatic heterocycles. The Kier molecular flexibility index (Phi) is 6.17. The monoisotopic (exact) mass is 353 g/mol. The molecular weight excluding hydrogens is 334 g/mol. The van der Waals surface area contributed by atoms with Crippen molar-refractivity contribution in [3.05, 3.63) is 53.6 Å². The highest BCUT2D eigenvalue weighted by Gasteiger charge is 2.17. The van der Waals surface area contributed by atoms with Crippen molar-refractivity contribution in [1.82, 2.24) is 0 Å². The number of carbonyl (C=O) groups excluding carboxylic acids is 2. The maximum absolute atomic E-state index is 12.3.